The van der Waals surface area contributed by atoms with Crippen LogP contribution in [0.5, 0.6) is 0 Å². The molecule has 0 saturated heterocycles. The van der Waals surface area contributed by atoms with E-state index in [0.29, 0.717) is 38.1 Å². The Morgan fingerprint density at radius 2 is 2.08 bits per heavy atom. The Labute approximate surface area is 153 Å². The second kappa shape index (κ2) is 8.30. The van der Waals surface area contributed by atoms with Crippen LogP contribution in [0.25, 0.3) is 10.1 Å². The molecule has 3 rings (SSSR count). The third-order valence-electron chi connectivity index (χ3n) is 5.11. The number of amides is 1. The molecule has 5 heteroatoms. The molecule has 25 heavy (non-hydrogen) atoms. The molecule has 0 bridgehead atoms. The first kappa shape index (κ1) is 18.4. The van der Waals surface area contributed by atoms with Gasteiger partial charge in [-0.15, -0.1) is 11.3 Å². The summed E-state index contributed by atoms with van der Waals surface area (Å²) in [5.41, 5.74) is 1.30. The molecule has 3 unspecified atom stereocenters. The van der Waals surface area contributed by atoms with Crippen LogP contribution in [0.1, 0.15) is 31.4 Å². The van der Waals surface area contributed by atoms with Gasteiger partial charge in [0.15, 0.2) is 0 Å². The predicted molar refractivity (Wildman–Crippen MR) is 102 cm³/mol. The molecule has 1 heterocycles. The van der Waals surface area contributed by atoms with Crippen LogP contribution < -0.4 is 0 Å². The molecule has 136 valence electrons. The number of carbonyl (C=O) groups is 1. The van der Waals surface area contributed by atoms with Gasteiger partial charge in [-0.05, 0) is 40.7 Å². The second-order valence-corrected chi connectivity index (χ2v) is 7.78. The summed E-state index contributed by atoms with van der Waals surface area (Å²) < 4.78 is 11.7. The van der Waals surface area contributed by atoms with E-state index in [0.717, 1.165) is 0 Å². The molecule has 0 aliphatic heterocycles. The molecule has 1 aromatic carbocycles. The summed E-state index contributed by atoms with van der Waals surface area (Å²) in [6, 6.07) is 8.65. The molecule has 4 nitrogen and oxygen atoms in total. The first-order valence-corrected chi connectivity index (χ1v) is 9.80. The number of hydrogen-bond acceptors (Lipinski definition) is 4. The van der Waals surface area contributed by atoms with Crippen molar-refractivity contribution in [2.75, 3.05) is 34.0 Å². The second-order valence-electron chi connectivity index (χ2n) is 6.87. The van der Waals surface area contributed by atoms with Crippen molar-refractivity contribution < 1.29 is 14.3 Å². The van der Waals surface area contributed by atoms with Crippen molar-refractivity contribution in [3.8, 4) is 0 Å². The molecule has 3 atom stereocenters. The van der Waals surface area contributed by atoms with Crippen molar-refractivity contribution in [2.45, 2.75) is 25.8 Å². The summed E-state index contributed by atoms with van der Waals surface area (Å²) >= 11 is 1.77. The van der Waals surface area contributed by atoms with E-state index < -0.39 is 0 Å². The Bertz CT molecular complexity index is 714. The van der Waals surface area contributed by atoms with Gasteiger partial charge in [-0.25, -0.2) is 0 Å². The highest BCUT2D eigenvalue weighted by molar-refractivity contribution is 7.17. The van der Waals surface area contributed by atoms with Gasteiger partial charge >= 0.3 is 0 Å². The van der Waals surface area contributed by atoms with Crippen molar-refractivity contribution in [2.24, 2.45) is 11.8 Å². The smallest absolute Gasteiger partial charge is 0.225 e. The molecular weight excluding hydrogens is 334 g/mol. The minimum atomic E-state index is 0.150. The monoisotopic (exact) mass is 361 g/mol. The molecule has 0 radical (unpaired) electrons. The van der Waals surface area contributed by atoms with Gasteiger partial charge in [0.25, 0.3) is 0 Å². The molecule has 2 aromatic rings. The molecule has 1 aromatic heterocycles. The fourth-order valence-electron chi connectivity index (χ4n) is 3.48. The molecule has 1 aliphatic carbocycles. The van der Waals surface area contributed by atoms with Gasteiger partial charge in [-0.3, -0.25) is 4.79 Å². The lowest BCUT2D eigenvalue weighted by Crippen LogP contribution is -2.33. The maximum atomic E-state index is 12.7. The van der Waals surface area contributed by atoms with E-state index in [9.17, 15) is 4.79 Å². The van der Waals surface area contributed by atoms with Crippen LogP contribution in [0.2, 0.25) is 0 Å². The Morgan fingerprint density at radius 3 is 2.80 bits per heavy atom. The summed E-state index contributed by atoms with van der Waals surface area (Å²) in [5.74, 6) is 1.38. The van der Waals surface area contributed by atoms with Crippen LogP contribution in [0.4, 0.5) is 0 Å². The quantitative estimate of drug-likeness (QED) is 0.631. The lowest BCUT2D eigenvalue weighted by atomic mass is 9.98. The van der Waals surface area contributed by atoms with E-state index in [-0.39, 0.29) is 11.9 Å². The fourth-order valence-corrected chi connectivity index (χ4v) is 4.47. The van der Waals surface area contributed by atoms with E-state index in [4.69, 9.17) is 9.47 Å². The minimum absolute atomic E-state index is 0.150. The van der Waals surface area contributed by atoms with Crippen LogP contribution >= 0.6 is 11.3 Å². The van der Waals surface area contributed by atoms with Crippen molar-refractivity contribution in [1.29, 1.82) is 0 Å². The Hall–Kier alpha value is -1.43. The minimum Gasteiger partial charge on any atom is -0.382 e. The molecule has 1 aliphatic rings. The number of nitrogens with zero attached hydrogens (tertiary/aromatic N) is 1. The SMILES string of the molecule is COCCOCCC(=O)N(C)C(c1csc2ccccc12)C1CC1C. The van der Waals surface area contributed by atoms with Gasteiger partial charge < -0.3 is 14.4 Å². The highest BCUT2D eigenvalue weighted by Crippen LogP contribution is 2.51. The molecule has 0 spiro atoms. The number of ether oxygens (including phenoxy) is 2. The zero-order valence-electron chi connectivity index (χ0n) is 15.2. The number of benzene rings is 1. The highest BCUT2D eigenvalue weighted by Gasteiger charge is 2.44. The maximum Gasteiger partial charge on any atom is 0.225 e. The Balaban J connectivity index is 1.71. The molecule has 0 N–H and O–H groups in total. The van der Waals surface area contributed by atoms with Crippen LogP contribution in [-0.4, -0.2) is 44.8 Å². The summed E-state index contributed by atoms with van der Waals surface area (Å²) in [5, 5.41) is 3.52. The Kier molecular flexibility index (Phi) is 6.10. The zero-order chi connectivity index (χ0) is 17.8. The molecule has 1 amide bonds. The average Bonchev–Trinajstić information content (AvgIpc) is 3.18. The summed E-state index contributed by atoms with van der Waals surface area (Å²) in [4.78, 5) is 14.7. The summed E-state index contributed by atoms with van der Waals surface area (Å²) in [7, 11) is 3.59. The zero-order valence-corrected chi connectivity index (χ0v) is 16.1. The number of fused-ring (bicyclic) bond motifs is 1. The van der Waals surface area contributed by atoms with Crippen molar-refractivity contribution in [3.63, 3.8) is 0 Å². The van der Waals surface area contributed by atoms with E-state index in [1.165, 1.54) is 22.1 Å². The number of methoxy groups -OCH3 is 1. The topological polar surface area (TPSA) is 38.8 Å². The predicted octanol–water partition coefficient (Wildman–Crippen LogP) is 4.11. The highest BCUT2D eigenvalue weighted by atomic mass is 32.1. The van der Waals surface area contributed by atoms with Crippen LogP contribution in [0.3, 0.4) is 0 Å². The first-order chi connectivity index (χ1) is 12.1. The average molecular weight is 362 g/mol. The van der Waals surface area contributed by atoms with Crippen molar-refractivity contribution in [1.82, 2.24) is 4.90 Å². The summed E-state index contributed by atoms with van der Waals surface area (Å²) in [6.45, 7) is 3.82. The third-order valence-corrected chi connectivity index (χ3v) is 6.09. The van der Waals surface area contributed by atoms with Crippen LogP contribution in [0.15, 0.2) is 29.6 Å². The van der Waals surface area contributed by atoms with Crippen molar-refractivity contribution >= 4 is 27.3 Å². The summed E-state index contributed by atoms with van der Waals surface area (Å²) in [6.07, 6.45) is 1.61. The number of carbonyl (C=O) groups excluding carboxylic acids is 1. The lowest BCUT2D eigenvalue weighted by molar-refractivity contribution is -0.133. The van der Waals surface area contributed by atoms with E-state index in [1.807, 2.05) is 11.9 Å². The van der Waals surface area contributed by atoms with Gasteiger partial charge in [0, 0.05) is 18.9 Å². The number of thiophene rings is 1. The maximum absolute atomic E-state index is 12.7. The molecular formula is C20H27NO3S. The first-order valence-electron chi connectivity index (χ1n) is 8.92. The Morgan fingerprint density at radius 1 is 1.32 bits per heavy atom. The largest absolute Gasteiger partial charge is 0.382 e. The van der Waals surface area contributed by atoms with Gasteiger partial charge in [0.2, 0.25) is 5.91 Å². The fraction of sp³-hybridized carbons (Fsp3) is 0.550. The van der Waals surface area contributed by atoms with E-state index in [2.05, 4.69) is 36.6 Å². The van der Waals surface area contributed by atoms with Crippen LogP contribution in [-0.2, 0) is 14.3 Å². The third kappa shape index (κ3) is 4.22. The van der Waals surface area contributed by atoms with Gasteiger partial charge in [-0.1, -0.05) is 25.1 Å². The molecule has 1 fully saturated rings. The normalized spacial score (nSPS) is 20.6. The standard InChI is InChI=1S/C20H27NO3S/c1-14-12-16(14)20(17-13-25-18-7-5-4-6-15(17)18)21(2)19(22)8-9-24-11-10-23-3/h4-7,13-14,16,20H,8-12H2,1-3H3. The van der Waals surface area contributed by atoms with Gasteiger partial charge in [-0.2, -0.15) is 0 Å². The molecule has 1 saturated carbocycles. The van der Waals surface area contributed by atoms with Gasteiger partial charge in [0.1, 0.15) is 0 Å². The number of hydrogen-bond donors (Lipinski definition) is 0. The number of rotatable bonds is 9. The van der Waals surface area contributed by atoms with E-state index in [1.54, 1.807) is 18.4 Å². The van der Waals surface area contributed by atoms with Gasteiger partial charge in [0.05, 0.1) is 32.3 Å². The van der Waals surface area contributed by atoms with Crippen molar-refractivity contribution in [3.05, 3.63) is 35.2 Å². The van der Waals surface area contributed by atoms with E-state index >= 15 is 0 Å². The lowest BCUT2D eigenvalue weighted by Gasteiger charge is -2.29. The van der Waals surface area contributed by atoms with Crippen LogP contribution in [0, 0.1) is 11.8 Å².